The smallest absolute Gasteiger partial charge is 0.273 e. The van der Waals surface area contributed by atoms with Crippen LogP contribution < -0.4 is 4.74 Å². The summed E-state index contributed by atoms with van der Waals surface area (Å²) in [7, 11) is -3.03. The van der Waals surface area contributed by atoms with Crippen molar-refractivity contribution in [2.24, 2.45) is 0 Å². The number of sulfone groups is 1. The van der Waals surface area contributed by atoms with E-state index in [0.29, 0.717) is 6.42 Å². The van der Waals surface area contributed by atoms with Gasteiger partial charge in [0, 0.05) is 12.3 Å². The predicted octanol–water partition coefficient (Wildman–Crippen LogP) is 2.06. The Balaban J connectivity index is 2.61. The fourth-order valence-electron chi connectivity index (χ4n) is 1.22. The zero-order chi connectivity index (χ0) is 13.8. The van der Waals surface area contributed by atoms with Crippen LogP contribution in [-0.4, -0.2) is 32.0 Å². The van der Waals surface area contributed by atoms with Crippen LogP contribution >= 0.6 is 11.6 Å². The lowest BCUT2D eigenvalue weighted by Crippen LogP contribution is -2.08. The van der Waals surface area contributed by atoms with Gasteiger partial charge in [0.1, 0.15) is 15.6 Å². The first-order valence-corrected chi connectivity index (χ1v) is 7.48. The van der Waals surface area contributed by atoms with Gasteiger partial charge in [-0.15, -0.1) is 0 Å². The molecule has 0 radical (unpaired) electrons. The number of non-ortho nitro benzene ring substituents is 1. The van der Waals surface area contributed by atoms with Crippen molar-refractivity contribution in [1.82, 2.24) is 0 Å². The lowest BCUT2D eigenvalue weighted by atomic mass is 10.3. The van der Waals surface area contributed by atoms with Crippen LogP contribution in [0.2, 0.25) is 5.02 Å². The highest BCUT2D eigenvalue weighted by Gasteiger charge is 2.11. The third-order valence-electron chi connectivity index (χ3n) is 2.04. The Morgan fingerprint density at radius 2 is 2.11 bits per heavy atom. The second-order valence-electron chi connectivity index (χ2n) is 3.70. The van der Waals surface area contributed by atoms with E-state index in [2.05, 4.69) is 0 Å². The van der Waals surface area contributed by atoms with Gasteiger partial charge in [-0.25, -0.2) is 8.42 Å². The molecule has 0 atom stereocenters. The molecule has 0 heterocycles. The number of hydrogen-bond acceptors (Lipinski definition) is 5. The molecule has 0 spiro atoms. The van der Waals surface area contributed by atoms with Gasteiger partial charge >= 0.3 is 0 Å². The first kappa shape index (κ1) is 14.7. The lowest BCUT2D eigenvalue weighted by molar-refractivity contribution is -0.384. The summed E-state index contributed by atoms with van der Waals surface area (Å²) in [6.07, 6.45) is 1.44. The zero-order valence-electron chi connectivity index (χ0n) is 9.63. The van der Waals surface area contributed by atoms with Crippen LogP contribution in [0, 0.1) is 10.1 Å². The molecule has 0 saturated carbocycles. The number of halogens is 1. The van der Waals surface area contributed by atoms with E-state index in [-0.39, 0.29) is 28.8 Å². The van der Waals surface area contributed by atoms with E-state index in [1.54, 1.807) is 0 Å². The van der Waals surface area contributed by atoms with Gasteiger partial charge in [0.15, 0.2) is 0 Å². The van der Waals surface area contributed by atoms with Crippen molar-refractivity contribution in [3.05, 3.63) is 33.3 Å². The Kier molecular flexibility index (Phi) is 4.92. The maximum absolute atomic E-state index is 10.9. The number of nitrogens with zero attached hydrogens (tertiary/aromatic N) is 1. The topological polar surface area (TPSA) is 86.5 Å². The van der Waals surface area contributed by atoms with Crippen LogP contribution in [0.25, 0.3) is 0 Å². The average molecular weight is 294 g/mol. The van der Waals surface area contributed by atoms with E-state index in [1.807, 2.05) is 0 Å². The Hall–Kier alpha value is -1.34. The first-order valence-electron chi connectivity index (χ1n) is 5.04. The SMILES string of the molecule is CS(=O)(=O)CCCOc1cc([N+](=O)[O-])ccc1Cl. The highest BCUT2D eigenvalue weighted by Crippen LogP contribution is 2.28. The number of rotatable bonds is 6. The van der Waals surface area contributed by atoms with Crippen LogP contribution in [0.15, 0.2) is 18.2 Å². The molecule has 0 bridgehead atoms. The largest absolute Gasteiger partial charge is 0.492 e. The van der Waals surface area contributed by atoms with Crippen molar-refractivity contribution in [1.29, 1.82) is 0 Å². The second kappa shape index (κ2) is 6.01. The van der Waals surface area contributed by atoms with Crippen molar-refractivity contribution in [2.45, 2.75) is 6.42 Å². The Bertz CT molecular complexity index is 543. The van der Waals surface area contributed by atoms with Crippen molar-refractivity contribution in [3.63, 3.8) is 0 Å². The maximum Gasteiger partial charge on any atom is 0.273 e. The minimum atomic E-state index is -3.03. The van der Waals surface area contributed by atoms with Crippen LogP contribution in [0.5, 0.6) is 5.75 Å². The Labute approximate surface area is 110 Å². The van der Waals surface area contributed by atoms with Gasteiger partial charge in [-0.1, -0.05) is 11.6 Å². The number of benzene rings is 1. The van der Waals surface area contributed by atoms with Gasteiger partial charge in [-0.2, -0.15) is 0 Å². The fraction of sp³-hybridized carbons (Fsp3) is 0.400. The molecule has 6 nitrogen and oxygen atoms in total. The summed E-state index contributed by atoms with van der Waals surface area (Å²) in [5, 5.41) is 10.8. The number of nitro groups is 1. The van der Waals surface area contributed by atoms with Gasteiger partial charge < -0.3 is 4.74 Å². The minimum absolute atomic E-state index is 0.000451. The molecule has 0 aliphatic rings. The minimum Gasteiger partial charge on any atom is -0.492 e. The molecule has 1 rings (SSSR count). The molecule has 0 saturated heterocycles. The predicted molar refractivity (Wildman–Crippen MR) is 67.9 cm³/mol. The Morgan fingerprint density at radius 3 is 2.67 bits per heavy atom. The fourth-order valence-corrected chi connectivity index (χ4v) is 2.03. The summed E-state index contributed by atoms with van der Waals surface area (Å²) < 4.78 is 27.0. The van der Waals surface area contributed by atoms with Gasteiger partial charge in [0.05, 0.1) is 28.4 Å². The molecular weight excluding hydrogens is 282 g/mol. The lowest BCUT2D eigenvalue weighted by Gasteiger charge is -2.07. The van der Waals surface area contributed by atoms with Crippen molar-refractivity contribution in [2.75, 3.05) is 18.6 Å². The molecule has 100 valence electrons. The van der Waals surface area contributed by atoms with E-state index >= 15 is 0 Å². The molecule has 18 heavy (non-hydrogen) atoms. The third kappa shape index (κ3) is 4.89. The molecule has 0 amide bonds. The van der Waals surface area contributed by atoms with E-state index in [9.17, 15) is 18.5 Å². The van der Waals surface area contributed by atoms with Crippen molar-refractivity contribution < 1.29 is 18.1 Å². The van der Waals surface area contributed by atoms with E-state index in [1.165, 1.54) is 18.2 Å². The quantitative estimate of drug-likeness (QED) is 0.455. The normalized spacial score (nSPS) is 11.2. The van der Waals surface area contributed by atoms with Crippen molar-refractivity contribution in [3.8, 4) is 5.75 Å². The molecule has 0 N–H and O–H groups in total. The molecule has 8 heteroatoms. The third-order valence-corrected chi connectivity index (χ3v) is 3.39. The van der Waals surface area contributed by atoms with Crippen LogP contribution in [0.4, 0.5) is 5.69 Å². The summed E-state index contributed by atoms with van der Waals surface area (Å²) >= 11 is 5.80. The molecule has 0 aromatic heterocycles. The van der Waals surface area contributed by atoms with E-state index in [0.717, 1.165) is 6.26 Å². The second-order valence-corrected chi connectivity index (χ2v) is 6.37. The molecular formula is C10H12ClNO5S. The molecule has 0 aliphatic carbocycles. The first-order chi connectivity index (χ1) is 8.29. The monoisotopic (exact) mass is 293 g/mol. The maximum atomic E-state index is 10.9. The van der Waals surface area contributed by atoms with E-state index in [4.69, 9.17) is 16.3 Å². The van der Waals surface area contributed by atoms with E-state index < -0.39 is 14.8 Å². The van der Waals surface area contributed by atoms with Gasteiger partial charge in [-0.05, 0) is 12.5 Å². The molecule has 0 fully saturated rings. The number of nitro benzene ring substituents is 1. The standard InChI is InChI=1S/C10H12ClNO5S/c1-18(15,16)6-2-5-17-10-7-8(12(13)14)3-4-9(10)11/h3-4,7H,2,5-6H2,1H3. The average Bonchev–Trinajstić information content (AvgIpc) is 2.24. The summed E-state index contributed by atoms with van der Waals surface area (Å²) in [6.45, 7) is 0.133. The molecule has 0 unspecified atom stereocenters. The highest BCUT2D eigenvalue weighted by atomic mass is 35.5. The highest BCUT2D eigenvalue weighted by molar-refractivity contribution is 7.90. The Morgan fingerprint density at radius 1 is 1.44 bits per heavy atom. The summed E-state index contributed by atoms with van der Waals surface area (Å²) in [6, 6.07) is 3.85. The van der Waals surface area contributed by atoms with Gasteiger partial charge in [0.2, 0.25) is 0 Å². The van der Waals surface area contributed by atoms with Crippen LogP contribution in [-0.2, 0) is 9.84 Å². The van der Waals surface area contributed by atoms with Crippen LogP contribution in [0.3, 0.4) is 0 Å². The number of hydrogen-bond donors (Lipinski definition) is 0. The van der Waals surface area contributed by atoms with Crippen LogP contribution in [0.1, 0.15) is 6.42 Å². The van der Waals surface area contributed by atoms with Crippen molar-refractivity contribution >= 4 is 27.1 Å². The summed E-state index contributed by atoms with van der Waals surface area (Å²) in [5.41, 5.74) is -0.127. The summed E-state index contributed by atoms with van der Waals surface area (Å²) in [5.74, 6) is 0.180. The number of ether oxygens (including phenoxy) is 1. The molecule has 0 aliphatic heterocycles. The zero-order valence-corrected chi connectivity index (χ0v) is 11.2. The van der Waals surface area contributed by atoms with Gasteiger partial charge in [0.25, 0.3) is 5.69 Å². The molecule has 1 aromatic rings. The summed E-state index contributed by atoms with van der Waals surface area (Å²) in [4.78, 5) is 10.00. The van der Waals surface area contributed by atoms with Gasteiger partial charge in [-0.3, -0.25) is 10.1 Å². The molecule has 1 aromatic carbocycles.